The van der Waals surface area contributed by atoms with Crippen molar-refractivity contribution in [1.29, 1.82) is 5.26 Å². The first-order chi connectivity index (χ1) is 23.8. The largest absolute Gasteiger partial charge is 0.309 e. The summed E-state index contributed by atoms with van der Waals surface area (Å²) in [4.78, 5) is 0. The van der Waals surface area contributed by atoms with E-state index in [2.05, 4.69) is 167 Å². The highest BCUT2D eigenvalue weighted by molar-refractivity contribution is 6.22. The molecule has 8 aromatic carbocycles. The molecule has 0 saturated carbocycles. The van der Waals surface area contributed by atoms with E-state index in [-0.39, 0.29) is 0 Å². The maximum Gasteiger partial charge on any atom is 0.0991 e. The Balaban J connectivity index is 1.37. The minimum Gasteiger partial charge on any atom is -0.309 e. The molecule has 10 aromatic rings. The zero-order chi connectivity index (χ0) is 31.8. The van der Waals surface area contributed by atoms with Crippen LogP contribution in [0.5, 0.6) is 0 Å². The maximum absolute atomic E-state index is 9.70. The van der Waals surface area contributed by atoms with Gasteiger partial charge in [0, 0.05) is 38.2 Å². The molecule has 0 atom stereocenters. The molecular formula is C45H27N3. The minimum absolute atomic E-state index is 0.669. The first kappa shape index (κ1) is 26.6. The van der Waals surface area contributed by atoms with Gasteiger partial charge in [0.15, 0.2) is 0 Å². The van der Waals surface area contributed by atoms with Gasteiger partial charge in [0.1, 0.15) is 0 Å². The van der Waals surface area contributed by atoms with Gasteiger partial charge in [0.05, 0.1) is 39.4 Å². The van der Waals surface area contributed by atoms with Gasteiger partial charge in [-0.25, -0.2) is 0 Å². The van der Waals surface area contributed by atoms with Gasteiger partial charge in [-0.05, 0) is 70.3 Å². The number of rotatable bonds is 3. The Morgan fingerprint density at radius 2 is 1.04 bits per heavy atom. The van der Waals surface area contributed by atoms with Crippen LogP contribution in [0.2, 0.25) is 0 Å². The van der Waals surface area contributed by atoms with E-state index in [1.807, 2.05) is 12.1 Å². The van der Waals surface area contributed by atoms with Crippen molar-refractivity contribution >= 4 is 65.2 Å². The van der Waals surface area contributed by atoms with E-state index in [0.717, 1.165) is 38.4 Å². The molecule has 0 bridgehead atoms. The van der Waals surface area contributed by atoms with Crippen LogP contribution >= 0.6 is 0 Å². The summed E-state index contributed by atoms with van der Waals surface area (Å²) < 4.78 is 4.85. The maximum atomic E-state index is 9.70. The number of hydrogen-bond donors (Lipinski definition) is 0. The minimum atomic E-state index is 0.669. The lowest BCUT2D eigenvalue weighted by Crippen LogP contribution is -1.98. The van der Waals surface area contributed by atoms with Crippen molar-refractivity contribution in [3.63, 3.8) is 0 Å². The molecule has 3 heteroatoms. The van der Waals surface area contributed by atoms with Crippen molar-refractivity contribution in [2.24, 2.45) is 0 Å². The molecule has 0 aliphatic carbocycles. The van der Waals surface area contributed by atoms with Gasteiger partial charge in [-0.2, -0.15) is 5.26 Å². The van der Waals surface area contributed by atoms with Crippen molar-refractivity contribution in [3.05, 3.63) is 169 Å². The predicted molar refractivity (Wildman–Crippen MR) is 200 cm³/mol. The number of fused-ring (bicyclic) bond motifs is 9. The van der Waals surface area contributed by atoms with Crippen molar-refractivity contribution in [2.75, 3.05) is 0 Å². The van der Waals surface area contributed by atoms with Crippen LogP contribution in [0.3, 0.4) is 0 Å². The van der Waals surface area contributed by atoms with Crippen molar-refractivity contribution in [1.82, 2.24) is 9.13 Å². The molecular weight excluding hydrogens is 583 g/mol. The number of nitriles is 1. The molecule has 3 nitrogen and oxygen atoms in total. The first-order valence-corrected chi connectivity index (χ1v) is 16.3. The van der Waals surface area contributed by atoms with Crippen molar-refractivity contribution in [2.45, 2.75) is 0 Å². The zero-order valence-electron chi connectivity index (χ0n) is 25.9. The van der Waals surface area contributed by atoms with Gasteiger partial charge in [-0.15, -0.1) is 0 Å². The highest BCUT2D eigenvalue weighted by Crippen LogP contribution is 2.44. The lowest BCUT2D eigenvalue weighted by Gasteiger charge is -2.17. The molecule has 0 radical (unpaired) electrons. The van der Waals surface area contributed by atoms with Crippen LogP contribution in [-0.2, 0) is 0 Å². The summed E-state index contributed by atoms with van der Waals surface area (Å²) in [6.45, 7) is 0. The highest BCUT2D eigenvalue weighted by Gasteiger charge is 2.22. The van der Waals surface area contributed by atoms with E-state index >= 15 is 0 Å². The molecule has 0 unspecified atom stereocenters. The van der Waals surface area contributed by atoms with Gasteiger partial charge in [-0.3, -0.25) is 0 Å². The highest BCUT2D eigenvalue weighted by atomic mass is 15.0. The molecule has 0 fully saturated rings. The smallest absolute Gasteiger partial charge is 0.0991 e. The van der Waals surface area contributed by atoms with E-state index < -0.39 is 0 Å². The average Bonchev–Trinajstić information content (AvgIpc) is 3.68. The van der Waals surface area contributed by atoms with Crippen LogP contribution in [0, 0.1) is 11.3 Å². The normalized spacial score (nSPS) is 11.7. The lowest BCUT2D eigenvalue weighted by atomic mass is 9.96. The van der Waals surface area contributed by atoms with E-state index in [4.69, 9.17) is 0 Å². The van der Waals surface area contributed by atoms with Crippen LogP contribution in [-0.4, -0.2) is 9.13 Å². The van der Waals surface area contributed by atoms with Gasteiger partial charge in [0.25, 0.3) is 0 Å². The van der Waals surface area contributed by atoms with E-state index in [1.54, 1.807) is 0 Å². The summed E-state index contributed by atoms with van der Waals surface area (Å²) in [5.74, 6) is 0. The molecule has 222 valence electrons. The van der Waals surface area contributed by atoms with E-state index in [1.165, 1.54) is 49.2 Å². The Morgan fingerprint density at radius 3 is 1.85 bits per heavy atom. The molecule has 2 heterocycles. The standard InChI is InChI=1S/C45H27N3/c46-28-29-24-25-30-27-43(33-15-5-4-14-32(33)39(30)26-29)48-40-21-8-6-16-34(40)36-19-10-20-37(45(36)48)35-18-11-23-42-44(35)38-17-7-9-22-41(38)47(42)31-12-2-1-3-13-31/h1-27H. The Kier molecular flexibility index (Phi) is 5.64. The van der Waals surface area contributed by atoms with Gasteiger partial charge in [0.2, 0.25) is 0 Å². The van der Waals surface area contributed by atoms with Crippen LogP contribution in [0.15, 0.2) is 164 Å². The summed E-state index contributed by atoms with van der Waals surface area (Å²) in [6, 6.07) is 60.8. The van der Waals surface area contributed by atoms with Crippen LogP contribution in [0.1, 0.15) is 5.56 Å². The molecule has 0 spiro atoms. The third-order valence-electron chi connectivity index (χ3n) is 9.91. The SMILES string of the molecule is N#Cc1ccc2cc(-n3c4ccccc4c4cccc(-c5cccc6c5c5ccccc5n6-c5ccccc5)c43)c3ccccc3c2c1. The predicted octanol–water partition coefficient (Wildman–Crippen LogP) is 11.7. The van der Waals surface area contributed by atoms with Crippen LogP contribution < -0.4 is 0 Å². The Labute approximate surface area is 276 Å². The topological polar surface area (TPSA) is 33.6 Å². The second kappa shape index (κ2) is 10.2. The number of aromatic nitrogens is 2. The lowest BCUT2D eigenvalue weighted by molar-refractivity contribution is 1.18. The Morgan fingerprint density at radius 1 is 0.417 bits per heavy atom. The van der Waals surface area contributed by atoms with Crippen LogP contribution in [0.4, 0.5) is 0 Å². The molecule has 0 aliphatic heterocycles. The summed E-state index contributed by atoms with van der Waals surface area (Å²) in [5.41, 5.74) is 10.1. The van der Waals surface area contributed by atoms with E-state index in [0.29, 0.717) is 5.56 Å². The third kappa shape index (κ3) is 3.69. The summed E-state index contributed by atoms with van der Waals surface area (Å²) in [7, 11) is 0. The summed E-state index contributed by atoms with van der Waals surface area (Å²) in [6.07, 6.45) is 0. The molecule has 48 heavy (non-hydrogen) atoms. The molecule has 0 saturated heterocycles. The number of benzene rings is 8. The fourth-order valence-corrected chi connectivity index (χ4v) is 7.92. The van der Waals surface area contributed by atoms with E-state index in [9.17, 15) is 5.26 Å². The third-order valence-corrected chi connectivity index (χ3v) is 9.91. The fourth-order valence-electron chi connectivity index (χ4n) is 7.92. The fraction of sp³-hybridized carbons (Fsp3) is 0. The number of para-hydroxylation sites is 4. The Hall–Kier alpha value is -6.63. The van der Waals surface area contributed by atoms with Crippen LogP contribution in [0.25, 0.3) is 87.7 Å². The molecule has 10 rings (SSSR count). The monoisotopic (exact) mass is 609 g/mol. The zero-order valence-corrected chi connectivity index (χ0v) is 25.9. The summed E-state index contributed by atoms with van der Waals surface area (Å²) in [5, 5.41) is 19.1. The second-order valence-electron chi connectivity index (χ2n) is 12.4. The molecule has 0 amide bonds. The quantitative estimate of drug-likeness (QED) is 0.183. The van der Waals surface area contributed by atoms with Crippen molar-refractivity contribution in [3.8, 4) is 28.6 Å². The molecule has 2 aromatic heterocycles. The first-order valence-electron chi connectivity index (χ1n) is 16.3. The summed E-state index contributed by atoms with van der Waals surface area (Å²) >= 11 is 0. The second-order valence-corrected chi connectivity index (χ2v) is 12.4. The number of nitrogens with zero attached hydrogens (tertiary/aromatic N) is 3. The molecule has 0 aliphatic rings. The Bertz CT molecular complexity index is 2950. The van der Waals surface area contributed by atoms with Gasteiger partial charge >= 0.3 is 0 Å². The van der Waals surface area contributed by atoms with Gasteiger partial charge < -0.3 is 9.13 Å². The van der Waals surface area contributed by atoms with Crippen molar-refractivity contribution < 1.29 is 0 Å². The average molecular weight is 610 g/mol. The molecule has 0 N–H and O–H groups in total. The van der Waals surface area contributed by atoms with Gasteiger partial charge in [-0.1, -0.05) is 115 Å². The number of hydrogen-bond acceptors (Lipinski definition) is 1.